The number of aromatic nitrogens is 3. The van der Waals surface area contributed by atoms with E-state index < -0.39 is 32.9 Å². The number of rotatable bonds is 7. The fraction of sp³-hybridized carbons (Fsp3) is 0.208. The van der Waals surface area contributed by atoms with Gasteiger partial charge in [-0.1, -0.05) is 30.7 Å². The summed E-state index contributed by atoms with van der Waals surface area (Å²) in [6.07, 6.45) is -3.78. The van der Waals surface area contributed by atoms with Gasteiger partial charge in [-0.2, -0.15) is 13.2 Å². The Morgan fingerprint density at radius 3 is 2.46 bits per heavy atom. The minimum absolute atomic E-state index is 0.177. The lowest BCUT2D eigenvalue weighted by atomic mass is 10.1. The molecular formula is C24H20ClF3N4O4S. The van der Waals surface area contributed by atoms with Crippen LogP contribution < -0.4 is 4.72 Å². The molecule has 0 saturated carbocycles. The van der Waals surface area contributed by atoms with Crippen LogP contribution in [0.4, 0.5) is 18.0 Å². The number of alkyl halides is 3. The lowest BCUT2D eigenvalue weighted by Gasteiger charge is -2.12. The Morgan fingerprint density at radius 2 is 1.84 bits per heavy atom. The third-order valence-electron chi connectivity index (χ3n) is 5.64. The third-order valence-corrected chi connectivity index (χ3v) is 7.35. The average molecular weight is 553 g/mol. The molecule has 0 radical (unpaired) electrons. The molecule has 0 aliphatic carbocycles. The number of nitrogens with one attached hydrogen (secondary N) is 1. The molecule has 194 valence electrons. The maximum absolute atomic E-state index is 13.3. The summed E-state index contributed by atoms with van der Waals surface area (Å²) >= 11 is 5.95. The predicted octanol–water partition coefficient (Wildman–Crippen LogP) is 5.40. The summed E-state index contributed by atoms with van der Waals surface area (Å²) in [5, 5.41) is 8.39. The van der Waals surface area contributed by atoms with Gasteiger partial charge in [-0.05, 0) is 54.8 Å². The number of nitrogens with zero attached hydrogens (tertiary/aromatic N) is 3. The molecule has 0 aliphatic heterocycles. The van der Waals surface area contributed by atoms with E-state index in [-0.39, 0.29) is 22.5 Å². The Hall–Kier alpha value is -3.64. The molecule has 0 aliphatic rings. The molecular weight excluding hydrogens is 533 g/mol. The Kier molecular flexibility index (Phi) is 7.16. The first kappa shape index (κ1) is 26.4. The van der Waals surface area contributed by atoms with Crippen LogP contribution in [0.25, 0.3) is 16.7 Å². The first-order valence-corrected chi connectivity index (χ1v) is 12.8. The molecule has 0 bridgehead atoms. The number of amides is 1. The molecule has 2 N–H and O–H groups in total. The second-order valence-electron chi connectivity index (χ2n) is 8.06. The first-order chi connectivity index (χ1) is 17.4. The average Bonchev–Trinajstić information content (AvgIpc) is 3.18. The van der Waals surface area contributed by atoms with Gasteiger partial charge in [-0.3, -0.25) is 9.55 Å². The van der Waals surface area contributed by atoms with E-state index in [2.05, 4.69) is 9.97 Å². The number of hydrogen-bond acceptors (Lipinski definition) is 5. The fourth-order valence-corrected chi connectivity index (χ4v) is 5.32. The Balaban J connectivity index is 1.62. The van der Waals surface area contributed by atoms with Gasteiger partial charge in [0.25, 0.3) is 10.0 Å². The van der Waals surface area contributed by atoms with Crippen LogP contribution in [0.1, 0.15) is 29.6 Å². The molecule has 37 heavy (non-hydrogen) atoms. The standard InChI is InChI=1S/C24H20ClF3N4O4S/c1-2-22-30-19-12-16(24(26,27)28)17(25)13-20(19)32(22)15-8-5-14(6-9-15)7-10-18-21(4-3-11-29-18)37(35,36)31-23(33)34/h3-6,8-9,11-13,31H,2,7,10H2,1H3,(H,33,34). The van der Waals surface area contributed by atoms with Crippen molar-refractivity contribution < 1.29 is 31.5 Å². The van der Waals surface area contributed by atoms with Gasteiger partial charge < -0.3 is 5.11 Å². The normalized spacial score (nSPS) is 12.1. The lowest BCUT2D eigenvalue weighted by molar-refractivity contribution is -0.137. The number of halogens is 4. The number of carbonyl (C=O) groups is 1. The highest BCUT2D eigenvalue weighted by atomic mass is 35.5. The maximum Gasteiger partial charge on any atom is 0.418 e. The highest BCUT2D eigenvalue weighted by Gasteiger charge is 2.34. The summed E-state index contributed by atoms with van der Waals surface area (Å²) in [7, 11) is -4.28. The van der Waals surface area contributed by atoms with Crippen molar-refractivity contribution in [2.45, 2.75) is 37.3 Å². The molecule has 0 spiro atoms. The van der Waals surface area contributed by atoms with E-state index >= 15 is 0 Å². The fourth-order valence-electron chi connectivity index (χ4n) is 3.99. The van der Waals surface area contributed by atoms with E-state index in [1.54, 1.807) is 28.8 Å². The smallest absolute Gasteiger partial charge is 0.418 e. The topological polar surface area (TPSA) is 114 Å². The van der Waals surface area contributed by atoms with E-state index in [9.17, 15) is 26.4 Å². The largest absolute Gasteiger partial charge is 0.464 e. The SMILES string of the molecule is CCc1nc2cc(C(F)(F)F)c(Cl)cc2n1-c1ccc(CCc2ncccc2S(=O)(=O)NC(=O)O)cc1. The van der Waals surface area contributed by atoms with E-state index in [0.717, 1.165) is 11.6 Å². The number of aryl methyl sites for hydroxylation is 3. The summed E-state index contributed by atoms with van der Waals surface area (Å²) in [4.78, 5) is 19.1. The van der Waals surface area contributed by atoms with Crippen molar-refractivity contribution in [3.63, 3.8) is 0 Å². The van der Waals surface area contributed by atoms with Gasteiger partial charge >= 0.3 is 12.3 Å². The zero-order chi connectivity index (χ0) is 27.0. The van der Waals surface area contributed by atoms with Crippen molar-refractivity contribution in [3.05, 3.63) is 82.4 Å². The number of carboxylic acid groups (broad SMARTS) is 1. The van der Waals surface area contributed by atoms with Gasteiger partial charge in [0.05, 0.1) is 27.3 Å². The first-order valence-electron chi connectivity index (χ1n) is 11.0. The Bertz CT molecular complexity index is 1590. The van der Waals surface area contributed by atoms with Crippen LogP contribution in [0.3, 0.4) is 0 Å². The molecule has 13 heteroatoms. The molecule has 0 unspecified atom stereocenters. The lowest BCUT2D eigenvalue weighted by Crippen LogP contribution is -2.29. The number of imidazole rings is 1. The molecule has 1 amide bonds. The molecule has 4 rings (SSSR count). The van der Waals surface area contributed by atoms with Gasteiger partial charge in [-0.15, -0.1) is 0 Å². The van der Waals surface area contributed by atoms with Crippen LogP contribution in [-0.4, -0.2) is 34.2 Å². The molecule has 2 heterocycles. The van der Waals surface area contributed by atoms with Gasteiger partial charge in [0.15, 0.2) is 0 Å². The number of hydrogen-bond donors (Lipinski definition) is 2. The zero-order valence-electron chi connectivity index (χ0n) is 19.3. The van der Waals surface area contributed by atoms with Crippen LogP contribution >= 0.6 is 11.6 Å². The minimum atomic E-state index is -4.60. The molecule has 4 aromatic rings. The van der Waals surface area contributed by atoms with Crippen molar-refractivity contribution in [2.24, 2.45) is 0 Å². The predicted molar refractivity (Wildman–Crippen MR) is 130 cm³/mol. The molecule has 0 atom stereocenters. The highest BCUT2D eigenvalue weighted by molar-refractivity contribution is 7.90. The minimum Gasteiger partial charge on any atom is -0.464 e. The quantitative estimate of drug-likeness (QED) is 0.317. The summed E-state index contributed by atoms with van der Waals surface area (Å²) in [6.45, 7) is 1.84. The van der Waals surface area contributed by atoms with Crippen molar-refractivity contribution >= 4 is 38.8 Å². The van der Waals surface area contributed by atoms with Crippen molar-refractivity contribution in [1.82, 2.24) is 19.3 Å². The summed E-state index contributed by atoms with van der Waals surface area (Å²) < 4.78 is 67.7. The Morgan fingerprint density at radius 1 is 1.14 bits per heavy atom. The van der Waals surface area contributed by atoms with E-state index in [0.29, 0.717) is 29.9 Å². The second kappa shape index (κ2) is 10.0. The van der Waals surface area contributed by atoms with E-state index in [4.69, 9.17) is 16.7 Å². The molecule has 2 aromatic carbocycles. The number of benzene rings is 2. The van der Waals surface area contributed by atoms with E-state index in [1.807, 2.05) is 6.92 Å². The molecule has 0 fully saturated rings. The van der Waals surface area contributed by atoms with Crippen LogP contribution in [-0.2, 0) is 35.5 Å². The van der Waals surface area contributed by atoms with Crippen LogP contribution in [0.15, 0.2) is 59.6 Å². The summed E-state index contributed by atoms with van der Waals surface area (Å²) in [5.41, 5.74) is 1.39. The van der Waals surface area contributed by atoms with Crippen molar-refractivity contribution in [2.75, 3.05) is 0 Å². The van der Waals surface area contributed by atoms with Crippen LogP contribution in [0, 0.1) is 0 Å². The van der Waals surface area contributed by atoms with Crippen molar-refractivity contribution in [1.29, 1.82) is 0 Å². The Labute approximate surface area is 214 Å². The summed E-state index contributed by atoms with van der Waals surface area (Å²) in [6, 6.07) is 12.1. The zero-order valence-corrected chi connectivity index (χ0v) is 20.8. The van der Waals surface area contributed by atoms with E-state index in [1.165, 1.54) is 29.1 Å². The van der Waals surface area contributed by atoms with Gasteiger partial charge in [0, 0.05) is 18.3 Å². The highest BCUT2D eigenvalue weighted by Crippen LogP contribution is 2.37. The molecule has 0 saturated heterocycles. The number of pyridine rings is 1. The number of sulfonamides is 1. The molecule has 8 nitrogen and oxygen atoms in total. The second-order valence-corrected chi connectivity index (χ2v) is 10.1. The van der Waals surface area contributed by atoms with Crippen molar-refractivity contribution in [3.8, 4) is 5.69 Å². The third kappa shape index (κ3) is 5.54. The number of fused-ring (bicyclic) bond motifs is 1. The van der Waals surface area contributed by atoms with Gasteiger partial charge in [-0.25, -0.2) is 22.9 Å². The maximum atomic E-state index is 13.3. The van der Waals surface area contributed by atoms with Crippen LogP contribution in [0.2, 0.25) is 5.02 Å². The van der Waals surface area contributed by atoms with Gasteiger partial charge in [0.1, 0.15) is 10.7 Å². The van der Waals surface area contributed by atoms with Crippen LogP contribution in [0.5, 0.6) is 0 Å². The monoisotopic (exact) mass is 552 g/mol. The molecule has 2 aromatic heterocycles. The summed E-state index contributed by atoms with van der Waals surface area (Å²) in [5.74, 6) is 0.562. The van der Waals surface area contributed by atoms with Gasteiger partial charge in [0.2, 0.25) is 0 Å².